The first-order chi connectivity index (χ1) is 9.22. The standard InChI is InChI=1S/C16H18ClNO/c1-12-5-2-3-6-14(12)11-19-16-13(9-10-18)7-4-8-15(16)17/h2-8H,9-11,18H2,1H3. The van der Waals surface area contributed by atoms with E-state index in [0.717, 1.165) is 17.7 Å². The summed E-state index contributed by atoms with van der Waals surface area (Å²) in [5, 5.41) is 0.638. The number of ether oxygens (including phenoxy) is 1. The predicted molar refractivity (Wildman–Crippen MR) is 79.7 cm³/mol. The van der Waals surface area contributed by atoms with Crippen molar-refractivity contribution < 1.29 is 4.74 Å². The second-order valence-corrected chi connectivity index (χ2v) is 4.89. The van der Waals surface area contributed by atoms with Gasteiger partial charge in [-0.25, -0.2) is 0 Å². The highest BCUT2D eigenvalue weighted by atomic mass is 35.5. The van der Waals surface area contributed by atoms with Crippen LogP contribution < -0.4 is 10.5 Å². The Morgan fingerprint density at radius 1 is 1.05 bits per heavy atom. The molecule has 0 radical (unpaired) electrons. The Bertz CT molecular complexity index is 554. The molecule has 0 aromatic heterocycles. The molecule has 0 fully saturated rings. The summed E-state index contributed by atoms with van der Waals surface area (Å²) in [6.07, 6.45) is 0.768. The van der Waals surface area contributed by atoms with Crippen molar-refractivity contribution in [2.45, 2.75) is 20.0 Å². The number of rotatable bonds is 5. The lowest BCUT2D eigenvalue weighted by Gasteiger charge is -2.13. The van der Waals surface area contributed by atoms with E-state index in [1.54, 1.807) is 0 Å². The lowest BCUT2D eigenvalue weighted by molar-refractivity contribution is 0.302. The van der Waals surface area contributed by atoms with Crippen LogP contribution in [0.4, 0.5) is 0 Å². The fourth-order valence-electron chi connectivity index (χ4n) is 1.99. The van der Waals surface area contributed by atoms with E-state index >= 15 is 0 Å². The third-order valence-electron chi connectivity index (χ3n) is 3.10. The van der Waals surface area contributed by atoms with Crippen LogP contribution in [-0.2, 0) is 13.0 Å². The number of benzene rings is 2. The largest absolute Gasteiger partial charge is 0.487 e. The molecule has 0 aliphatic rings. The monoisotopic (exact) mass is 275 g/mol. The normalized spacial score (nSPS) is 10.5. The van der Waals surface area contributed by atoms with Crippen molar-refractivity contribution in [3.05, 3.63) is 64.2 Å². The second-order valence-electron chi connectivity index (χ2n) is 4.48. The Kier molecular flexibility index (Phi) is 4.83. The van der Waals surface area contributed by atoms with Gasteiger partial charge in [-0.15, -0.1) is 0 Å². The average Bonchev–Trinajstić information content (AvgIpc) is 2.40. The van der Waals surface area contributed by atoms with Gasteiger partial charge in [0.2, 0.25) is 0 Å². The molecule has 2 rings (SSSR count). The van der Waals surface area contributed by atoms with Gasteiger partial charge >= 0.3 is 0 Å². The molecule has 0 bridgehead atoms. The van der Waals surface area contributed by atoms with Gasteiger partial charge in [0.25, 0.3) is 0 Å². The second kappa shape index (κ2) is 6.60. The Morgan fingerprint density at radius 2 is 1.79 bits per heavy atom. The fraction of sp³-hybridized carbons (Fsp3) is 0.250. The van der Waals surface area contributed by atoms with Crippen LogP contribution in [0.1, 0.15) is 16.7 Å². The van der Waals surface area contributed by atoms with Gasteiger partial charge in [0.1, 0.15) is 12.4 Å². The molecule has 0 heterocycles. The molecular formula is C16H18ClNO. The maximum atomic E-state index is 6.21. The predicted octanol–water partition coefficient (Wildman–Crippen LogP) is 3.73. The van der Waals surface area contributed by atoms with E-state index in [9.17, 15) is 0 Å². The molecule has 0 spiro atoms. The van der Waals surface area contributed by atoms with Crippen molar-refractivity contribution >= 4 is 11.6 Å². The zero-order valence-corrected chi connectivity index (χ0v) is 11.8. The third-order valence-corrected chi connectivity index (χ3v) is 3.39. The highest BCUT2D eigenvalue weighted by Gasteiger charge is 2.08. The van der Waals surface area contributed by atoms with E-state index in [4.69, 9.17) is 22.1 Å². The summed E-state index contributed by atoms with van der Waals surface area (Å²) in [4.78, 5) is 0. The number of nitrogens with two attached hydrogens (primary N) is 1. The number of hydrogen-bond acceptors (Lipinski definition) is 2. The molecule has 0 saturated heterocycles. The molecule has 2 N–H and O–H groups in total. The van der Waals surface area contributed by atoms with Crippen LogP contribution in [0.5, 0.6) is 5.75 Å². The maximum Gasteiger partial charge on any atom is 0.141 e. The van der Waals surface area contributed by atoms with E-state index in [1.165, 1.54) is 11.1 Å². The molecule has 2 nitrogen and oxygen atoms in total. The van der Waals surface area contributed by atoms with Gasteiger partial charge in [-0.2, -0.15) is 0 Å². The van der Waals surface area contributed by atoms with Crippen LogP contribution in [0, 0.1) is 6.92 Å². The van der Waals surface area contributed by atoms with Gasteiger partial charge in [-0.1, -0.05) is 48.0 Å². The minimum absolute atomic E-state index is 0.522. The maximum absolute atomic E-state index is 6.21. The fourth-order valence-corrected chi connectivity index (χ4v) is 2.24. The first kappa shape index (κ1) is 13.9. The van der Waals surface area contributed by atoms with Crippen molar-refractivity contribution in [3.63, 3.8) is 0 Å². The number of aryl methyl sites for hydroxylation is 1. The zero-order chi connectivity index (χ0) is 13.7. The van der Waals surface area contributed by atoms with E-state index in [1.807, 2.05) is 30.3 Å². The van der Waals surface area contributed by atoms with E-state index in [2.05, 4.69) is 19.1 Å². The molecular weight excluding hydrogens is 258 g/mol. The average molecular weight is 276 g/mol. The number of halogens is 1. The van der Waals surface area contributed by atoms with E-state index in [0.29, 0.717) is 18.2 Å². The van der Waals surface area contributed by atoms with Crippen molar-refractivity contribution in [2.75, 3.05) is 6.54 Å². The molecule has 0 unspecified atom stereocenters. The summed E-state index contributed by atoms with van der Waals surface area (Å²) in [6.45, 7) is 3.18. The summed E-state index contributed by atoms with van der Waals surface area (Å²) in [5.41, 5.74) is 9.06. The topological polar surface area (TPSA) is 35.2 Å². The first-order valence-corrected chi connectivity index (χ1v) is 6.75. The molecule has 0 aliphatic heterocycles. The summed E-state index contributed by atoms with van der Waals surface area (Å²) in [5.74, 6) is 0.748. The molecule has 19 heavy (non-hydrogen) atoms. The minimum atomic E-state index is 0.522. The summed E-state index contributed by atoms with van der Waals surface area (Å²) in [7, 11) is 0. The van der Waals surface area contributed by atoms with Crippen molar-refractivity contribution in [3.8, 4) is 5.75 Å². The summed E-state index contributed by atoms with van der Waals surface area (Å²) in [6, 6.07) is 13.9. The Hall–Kier alpha value is -1.51. The molecule has 2 aromatic rings. The Balaban J connectivity index is 2.17. The smallest absolute Gasteiger partial charge is 0.141 e. The first-order valence-electron chi connectivity index (χ1n) is 6.37. The van der Waals surface area contributed by atoms with Gasteiger partial charge in [0, 0.05) is 0 Å². The van der Waals surface area contributed by atoms with Crippen LogP contribution in [0.15, 0.2) is 42.5 Å². The van der Waals surface area contributed by atoms with Crippen molar-refractivity contribution in [2.24, 2.45) is 5.73 Å². The quantitative estimate of drug-likeness (QED) is 0.902. The summed E-state index contributed by atoms with van der Waals surface area (Å²) >= 11 is 6.21. The molecule has 2 aromatic carbocycles. The zero-order valence-electron chi connectivity index (χ0n) is 11.0. The van der Waals surface area contributed by atoms with Crippen molar-refractivity contribution in [1.29, 1.82) is 0 Å². The van der Waals surface area contributed by atoms with Crippen LogP contribution in [-0.4, -0.2) is 6.54 Å². The molecule has 0 saturated carbocycles. The third kappa shape index (κ3) is 3.49. The van der Waals surface area contributed by atoms with Gasteiger partial charge in [0.15, 0.2) is 0 Å². The Labute approximate surface area is 119 Å². The molecule has 100 valence electrons. The molecule has 0 amide bonds. The highest BCUT2D eigenvalue weighted by molar-refractivity contribution is 6.32. The number of para-hydroxylation sites is 1. The minimum Gasteiger partial charge on any atom is -0.487 e. The van der Waals surface area contributed by atoms with Gasteiger partial charge < -0.3 is 10.5 Å². The van der Waals surface area contributed by atoms with Gasteiger partial charge in [-0.3, -0.25) is 0 Å². The van der Waals surface area contributed by atoms with Gasteiger partial charge in [-0.05, 0) is 42.6 Å². The van der Waals surface area contributed by atoms with Crippen LogP contribution in [0.25, 0.3) is 0 Å². The van der Waals surface area contributed by atoms with E-state index in [-0.39, 0.29) is 0 Å². The van der Waals surface area contributed by atoms with Crippen LogP contribution in [0.2, 0.25) is 5.02 Å². The SMILES string of the molecule is Cc1ccccc1COc1c(Cl)cccc1CCN. The van der Waals surface area contributed by atoms with Crippen molar-refractivity contribution in [1.82, 2.24) is 0 Å². The van der Waals surface area contributed by atoms with E-state index < -0.39 is 0 Å². The Morgan fingerprint density at radius 3 is 2.53 bits per heavy atom. The van der Waals surface area contributed by atoms with Crippen LogP contribution in [0.3, 0.4) is 0 Å². The lowest BCUT2D eigenvalue weighted by atomic mass is 10.1. The van der Waals surface area contributed by atoms with Crippen LogP contribution >= 0.6 is 11.6 Å². The van der Waals surface area contributed by atoms with Gasteiger partial charge in [0.05, 0.1) is 5.02 Å². The molecule has 3 heteroatoms. The molecule has 0 atom stereocenters. The lowest BCUT2D eigenvalue weighted by Crippen LogP contribution is -2.06. The number of hydrogen-bond donors (Lipinski definition) is 1. The summed E-state index contributed by atoms with van der Waals surface area (Å²) < 4.78 is 5.90. The highest BCUT2D eigenvalue weighted by Crippen LogP contribution is 2.29. The molecule has 0 aliphatic carbocycles.